The maximum Gasteiger partial charge on any atom is 0.373 e. The van der Waals surface area contributed by atoms with Crippen LogP contribution in [0, 0.1) is 38.5 Å². The van der Waals surface area contributed by atoms with Crippen molar-refractivity contribution in [2.24, 2.45) is 10.8 Å². The van der Waals surface area contributed by atoms with E-state index in [1.807, 2.05) is 99.7 Å². The molecule has 0 amide bonds. The Morgan fingerprint density at radius 3 is 1.20 bits per heavy atom. The van der Waals surface area contributed by atoms with E-state index in [1.54, 1.807) is 0 Å². The molecule has 9 aromatic carbocycles. The van der Waals surface area contributed by atoms with E-state index in [0.29, 0.717) is 79.7 Å². The number of hydrogen-bond acceptors (Lipinski definition) is 13. The molecule has 10 aliphatic carbocycles. The average Bonchev–Trinajstić information content (AvgIpc) is 1.60. The third-order valence-corrected chi connectivity index (χ3v) is 28.0. The van der Waals surface area contributed by atoms with Crippen molar-refractivity contribution in [1.82, 2.24) is 19.6 Å². The fourth-order valence-corrected chi connectivity index (χ4v) is 21.8. The van der Waals surface area contributed by atoms with Gasteiger partial charge in [0.25, 0.3) is 0 Å². The van der Waals surface area contributed by atoms with E-state index in [4.69, 9.17) is 14.7 Å². The summed E-state index contributed by atoms with van der Waals surface area (Å²) in [5.74, 6) is 1.74. The van der Waals surface area contributed by atoms with Gasteiger partial charge in [-0.25, -0.2) is 0 Å². The molecule has 0 bridgehead atoms. The first kappa shape index (κ1) is 88.4. The number of likely N-dealkylation sites (N-methyl/N-ethyl adjacent to an activating group) is 1. The Morgan fingerprint density at radius 2 is 0.752 bits per heavy atom. The number of aliphatic hydroxyl groups excluding tert-OH is 1. The lowest BCUT2D eigenvalue weighted by atomic mass is 9.87. The van der Waals surface area contributed by atoms with Gasteiger partial charge in [0.1, 0.15) is 0 Å². The Kier molecular flexibility index (Phi) is 28.4. The molecule has 121 heavy (non-hydrogen) atoms. The highest BCUT2D eigenvalue weighted by Crippen LogP contribution is 2.48. The molecule has 628 valence electrons. The molecule has 0 aliphatic heterocycles. The topological polar surface area (TPSA) is 170 Å². The van der Waals surface area contributed by atoms with Crippen molar-refractivity contribution in [1.29, 1.82) is 0 Å². The van der Waals surface area contributed by atoms with E-state index in [2.05, 4.69) is 204 Å². The highest BCUT2D eigenvalue weighted by Gasteiger charge is 2.44. The van der Waals surface area contributed by atoms with Gasteiger partial charge in [-0.1, -0.05) is 242 Å². The van der Waals surface area contributed by atoms with Crippen LogP contribution in [0.3, 0.4) is 0 Å². The molecule has 1 saturated carbocycles. The molecule has 13 heteroatoms. The smallest absolute Gasteiger partial charge is 0.373 e. The van der Waals surface area contributed by atoms with Crippen molar-refractivity contribution in [2.75, 3.05) is 33.8 Å². The van der Waals surface area contributed by atoms with Crippen molar-refractivity contribution in [3.63, 3.8) is 0 Å². The lowest BCUT2D eigenvalue weighted by molar-refractivity contribution is -0.191. The lowest BCUT2D eigenvalue weighted by Gasteiger charge is -2.36. The largest absolute Gasteiger partial charge is 0.396 e. The van der Waals surface area contributed by atoms with Gasteiger partial charge in [-0.05, 0) is 225 Å². The average molecular weight is 1620 g/mol. The SMILES string of the molecule is C=CCN(C1CCc2ccccc21)C1CC(=O)c2ccccc21.C=CCN(C1Cc2ccccc2C1)C1CC(=O)c2ccccc21.CCc1c(C)cc2c(c1C)C(=O)C(C)(C)C2.CN(C1CCCC1)C1CC(=O)c2ccccc21.CN(C1CCc2ccccc2C1)C1CC(=O)c2ccccc21.Cc1cc2c(c(C)c1CCO)C(=O)C(C)(C)C2.O=C=O. The molecule has 0 saturated heterocycles. The number of rotatable bonds is 15. The molecule has 19 rings (SSSR count). The summed E-state index contributed by atoms with van der Waals surface area (Å²) in [5.41, 5.74) is 28.4. The van der Waals surface area contributed by atoms with Gasteiger partial charge in [0, 0.05) is 138 Å². The summed E-state index contributed by atoms with van der Waals surface area (Å²) >= 11 is 0. The van der Waals surface area contributed by atoms with Gasteiger partial charge in [0.2, 0.25) is 0 Å². The summed E-state index contributed by atoms with van der Waals surface area (Å²) in [6.45, 7) is 28.3. The Morgan fingerprint density at radius 1 is 0.405 bits per heavy atom. The number of ketones is 6. The normalized spacial score (nSPS) is 20.6. The number of Topliss-reactive ketones (excluding diaryl/α,β-unsaturated/α-hetero) is 6. The van der Waals surface area contributed by atoms with Crippen molar-refractivity contribution in [3.05, 3.63) is 341 Å². The maximum atomic E-state index is 12.4. The number of aliphatic hydroxyl groups is 1. The van der Waals surface area contributed by atoms with Crippen LogP contribution in [0.5, 0.6) is 0 Å². The molecule has 0 radical (unpaired) electrons. The number of carbonyl (C=O) groups is 6. The first-order valence-corrected chi connectivity index (χ1v) is 44.1. The van der Waals surface area contributed by atoms with Gasteiger partial charge in [-0.2, -0.15) is 9.59 Å². The van der Waals surface area contributed by atoms with Crippen LogP contribution in [0.25, 0.3) is 0 Å². The molecule has 10 aliphatic rings. The molecule has 1 fully saturated rings. The summed E-state index contributed by atoms with van der Waals surface area (Å²) in [4.78, 5) is 99.7. The Balaban J connectivity index is 0.000000125. The molecular formula is C108H122N4O9. The van der Waals surface area contributed by atoms with Crippen LogP contribution in [0.15, 0.2) is 207 Å². The van der Waals surface area contributed by atoms with Crippen LogP contribution in [-0.4, -0.2) is 117 Å². The molecule has 0 spiro atoms. The second-order valence-electron chi connectivity index (χ2n) is 36.3. The second-order valence-corrected chi connectivity index (χ2v) is 36.3. The Hall–Kier alpha value is -10.3. The Bertz CT molecular complexity index is 5390. The molecule has 0 aromatic heterocycles. The number of aryl methyl sites for hydroxylation is 4. The van der Waals surface area contributed by atoms with Crippen LogP contribution in [-0.2, 0) is 67.4 Å². The highest BCUT2D eigenvalue weighted by molar-refractivity contribution is 6.07. The summed E-state index contributed by atoms with van der Waals surface area (Å²) in [5, 5.41) is 9.10. The Labute approximate surface area is 717 Å². The third kappa shape index (κ3) is 18.7. The quantitative estimate of drug-likeness (QED) is 0.0963. The van der Waals surface area contributed by atoms with Gasteiger partial charge in [-0.3, -0.25) is 48.4 Å². The molecule has 13 nitrogen and oxygen atoms in total. The van der Waals surface area contributed by atoms with Gasteiger partial charge in [0.05, 0.1) is 0 Å². The molecule has 9 aromatic rings. The van der Waals surface area contributed by atoms with Crippen LogP contribution < -0.4 is 0 Å². The van der Waals surface area contributed by atoms with Crippen LogP contribution in [0.2, 0.25) is 0 Å². The molecular weight excluding hydrogens is 1500 g/mol. The number of benzene rings is 9. The zero-order valence-electron chi connectivity index (χ0n) is 73.1. The van der Waals surface area contributed by atoms with Gasteiger partial charge < -0.3 is 5.11 Å². The monoisotopic (exact) mass is 1620 g/mol. The zero-order chi connectivity index (χ0) is 86.1. The minimum Gasteiger partial charge on any atom is -0.396 e. The molecule has 0 heterocycles. The molecule has 6 unspecified atom stereocenters. The number of hydrogen-bond donors (Lipinski definition) is 1. The van der Waals surface area contributed by atoms with Crippen molar-refractivity contribution >= 4 is 40.9 Å². The summed E-state index contributed by atoms with van der Waals surface area (Å²) in [6, 6.07) is 65.9. The van der Waals surface area contributed by atoms with Crippen LogP contribution in [0.1, 0.15) is 291 Å². The fraction of sp³-hybridized carbons (Fsp3) is 0.398. The van der Waals surface area contributed by atoms with Crippen LogP contribution in [0.4, 0.5) is 0 Å². The number of fused-ring (bicyclic) bond motifs is 9. The van der Waals surface area contributed by atoms with E-state index < -0.39 is 0 Å². The fourth-order valence-electron chi connectivity index (χ4n) is 21.8. The van der Waals surface area contributed by atoms with Crippen molar-refractivity contribution < 1.29 is 43.5 Å². The standard InChI is InChI=1S/2C21H21NO.C20H21NO.C15H19NO.C15H20O2.C15H20O.CO2/c1-2-13-22(19-12-11-15-7-3-4-8-16(15)19)20-14-21(23)18-10-6-5-9-17(18)20;1-2-11-22(17-12-15-7-3-4-8-16(15)13-17)20-14-21(23)19-10-6-5-9-18(19)20;1-21(16-11-10-14-6-2-3-7-15(14)12-16)19-13-20(22)18-9-5-4-8-17(18)19;1-16(11-6-2-3-7-11)14-10-15(17)13-9-5-4-8-12(13)14;1-9-7-11-8-15(3,4)14(17)13(11)10(2)12(9)5-6-16;1-6-12-9(2)7-11-8-15(4,5)14(16)13(11)10(12)3;2-1-3/h2-10,19-20H,1,11-14H2;2-10,17,20H,1,11-14H2;2-9,16,19H,10-13H2,1H3;4-5,8-9,11,14H,2-3,6-7,10H2,1H3;7,16H,5-6,8H2,1-4H3;7H,6,8H2,1-5H3;. The minimum atomic E-state index is -0.266. The molecule has 6 atom stereocenters. The van der Waals surface area contributed by atoms with Gasteiger partial charge in [-0.15, -0.1) is 13.2 Å². The predicted molar refractivity (Wildman–Crippen MR) is 482 cm³/mol. The van der Waals surface area contributed by atoms with E-state index >= 15 is 0 Å². The van der Waals surface area contributed by atoms with E-state index in [1.165, 1.54) is 121 Å². The lowest BCUT2D eigenvalue weighted by Crippen LogP contribution is -2.38. The van der Waals surface area contributed by atoms with E-state index in [0.717, 1.165) is 115 Å². The number of nitrogens with zero attached hydrogens (tertiary/aromatic N) is 4. The summed E-state index contributed by atoms with van der Waals surface area (Å²) < 4.78 is 0. The third-order valence-electron chi connectivity index (χ3n) is 28.0. The first-order valence-electron chi connectivity index (χ1n) is 44.1. The van der Waals surface area contributed by atoms with E-state index in [-0.39, 0.29) is 59.1 Å². The second kappa shape index (κ2) is 38.8. The molecule has 1 N–H and O–H groups in total. The van der Waals surface area contributed by atoms with E-state index in [9.17, 15) is 28.8 Å². The maximum absolute atomic E-state index is 12.4. The first-order chi connectivity index (χ1) is 58.3. The predicted octanol–water partition coefficient (Wildman–Crippen LogP) is 21.1. The zero-order valence-corrected chi connectivity index (χ0v) is 73.1. The summed E-state index contributed by atoms with van der Waals surface area (Å²) in [7, 11) is 4.38. The van der Waals surface area contributed by atoms with Gasteiger partial charge in [0.15, 0.2) is 34.7 Å². The van der Waals surface area contributed by atoms with Crippen molar-refractivity contribution in [3.8, 4) is 0 Å². The minimum absolute atomic E-state index is 0.137. The van der Waals surface area contributed by atoms with Crippen LogP contribution >= 0.6 is 0 Å². The summed E-state index contributed by atoms with van der Waals surface area (Å²) in [6.07, 6.45) is 23.1. The number of carbonyl (C=O) groups excluding carboxylic acids is 8. The highest BCUT2D eigenvalue weighted by atomic mass is 16.3. The van der Waals surface area contributed by atoms with Crippen molar-refractivity contribution in [2.45, 2.75) is 233 Å². The van der Waals surface area contributed by atoms with Gasteiger partial charge >= 0.3 is 6.15 Å².